The molecule has 0 spiro atoms. The molecule has 20 heavy (non-hydrogen) atoms. The second kappa shape index (κ2) is 4.10. The fourth-order valence-electron chi connectivity index (χ4n) is 2.99. The van der Waals surface area contributed by atoms with Gasteiger partial charge in [-0.1, -0.05) is 19.9 Å². The van der Waals surface area contributed by atoms with Crippen molar-refractivity contribution in [1.82, 2.24) is 4.98 Å². The molecule has 0 saturated heterocycles. The Labute approximate surface area is 116 Å². The van der Waals surface area contributed by atoms with Gasteiger partial charge in [-0.05, 0) is 23.6 Å². The molecule has 3 N–H and O–H groups in total. The zero-order valence-corrected chi connectivity index (χ0v) is 11.3. The number of aromatic nitrogens is 1. The lowest BCUT2D eigenvalue weighted by Gasteiger charge is -2.07. The monoisotopic (exact) mass is 272 g/mol. The highest BCUT2D eigenvalue weighted by Crippen LogP contribution is 2.58. The number of carbonyl (C=O) groups is 2. The minimum atomic E-state index is -0.907. The average molecular weight is 272 g/mol. The van der Waals surface area contributed by atoms with Crippen molar-refractivity contribution in [3.05, 3.63) is 30.5 Å². The number of carboxylic acid groups (broad SMARTS) is 1. The van der Waals surface area contributed by atoms with Gasteiger partial charge in [0, 0.05) is 17.1 Å². The second-order valence-electron chi connectivity index (χ2n) is 5.85. The number of hydrogen-bond donors (Lipinski definition) is 3. The van der Waals surface area contributed by atoms with Gasteiger partial charge in [0.2, 0.25) is 5.91 Å². The maximum absolute atomic E-state index is 12.3. The first kappa shape index (κ1) is 12.7. The van der Waals surface area contributed by atoms with Crippen molar-refractivity contribution in [3.63, 3.8) is 0 Å². The minimum Gasteiger partial charge on any atom is -0.481 e. The number of H-pyrrole nitrogens is 1. The summed E-state index contributed by atoms with van der Waals surface area (Å²) < 4.78 is 0. The Morgan fingerprint density at radius 1 is 1.25 bits per heavy atom. The van der Waals surface area contributed by atoms with Crippen LogP contribution in [-0.4, -0.2) is 22.0 Å². The number of amides is 1. The van der Waals surface area contributed by atoms with Crippen LogP contribution in [0.4, 0.5) is 5.69 Å². The van der Waals surface area contributed by atoms with Crippen molar-refractivity contribution < 1.29 is 14.7 Å². The molecule has 1 aliphatic carbocycles. The summed E-state index contributed by atoms with van der Waals surface area (Å²) in [6, 6.07) is 7.48. The van der Waals surface area contributed by atoms with Gasteiger partial charge in [0.05, 0.1) is 17.5 Å². The van der Waals surface area contributed by atoms with Crippen LogP contribution < -0.4 is 5.32 Å². The smallest absolute Gasteiger partial charge is 0.307 e. The molecule has 1 heterocycles. The van der Waals surface area contributed by atoms with Crippen molar-refractivity contribution in [2.24, 2.45) is 17.3 Å². The van der Waals surface area contributed by atoms with Gasteiger partial charge in [0.25, 0.3) is 0 Å². The second-order valence-corrected chi connectivity index (χ2v) is 5.85. The van der Waals surface area contributed by atoms with E-state index < -0.39 is 23.2 Å². The van der Waals surface area contributed by atoms with Crippen LogP contribution in [-0.2, 0) is 9.59 Å². The topological polar surface area (TPSA) is 82.2 Å². The van der Waals surface area contributed by atoms with Crippen molar-refractivity contribution >= 4 is 28.5 Å². The van der Waals surface area contributed by atoms with Gasteiger partial charge in [-0.15, -0.1) is 0 Å². The molecule has 5 heteroatoms. The molecule has 0 aliphatic heterocycles. The molecule has 3 rings (SSSR count). The van der Waals surface area contributed by atoms with E-state index in [0.29, 0.717) is 5.69 Å². The van der Waals surface area contributed by atoms with Crippen LogP contribution in [0.5, 0.6) is 0 Å². The van der Waals surface area contributed by atoms with E-state index in [0.717, 1.165) is 10.9 Å². The SMILES string of the molecule is CC1(C)[C@H](C(=O)O)[C@H]1C(=O)Nc1cccc2[nH]ccc12. The largest absolute Gasteiger partial charge is 0.481 e. The van der Waals surface area contributed by atoms with Crippen molar-refractivity contribution in [2.75, 3.05) is 5.32 Å². The normalized spacial score (nSPS) is 23.5. The van der Waals surface area contributed by atoms with Gasteiger partial charge in [0.1, 0.15) is 0 Å². The lowest BCUT2D eigenvalue weighted by atomic mass is 10.1. The predicted octanol–water partition coefficient (Wildman–Crippen LogP) is 2.46. The maximum Gasteiger partial charge on any atom is 0.307 e. The van der Waals surface area contributed by atoms with Crippen LogP contribution in [0.25, 0.3) is 10.9 Å². The highest BCUT2D eigenvalue weighted by atomic mass is 16.4. The molecule has 0 unspecified atom stereocenters. The number of nitrogens with one attached hydrogen (secondary N) is 2. The summed E-state index contributed by atoms with van der Waals surface area (Å²) in [7, 11) is 0. The molecule has 0 bridgehead atoms. The third-order valence-electron chi connectivity index (χ3n) is 4.23. The van der Waals surface area contributed by atoms with Gasteiger partial charge < -0.3 is 15.4 Å². The molecule has 1 saturated carbocycles. The van der Waals surface area contributed by atoms with Crippen LogP contribution in [0, 0.1) is 17.3 Å². The van der Waals surface area contributed by atoms with Crippen LogP contribution in [0.3, 0.4) is 0 Å². The van der Waals surface area contributed by atoms with Gasteiger partial charge in [-0.2, -0.15) is 0 Å². The Balaban J connectivity index is 1.84. The first-order chi connectivity index (χ1) is 9.43. The van der Waals surface area contributed by atoms with Crippen LogP contribution in [0.2, 0.25) is 0 Å². The highest BCUT2D eigenvalue weighted by molar-refractivity contribution is 6.05. The van der Waals surface area contributed by atoms with E-state index >= 15 is 0 Å². The van der Waals surface area contributed by atoms with E-state index in [-0.39, 0.29) is 5.91 Å². The number of carboxylic acids is 1. The molecule has 1 aromatic heterocycles. The van der Waals surface area contributed by atoms with Gasteiger partial charge in [-0.25, -0.2) is 0 Å². The molecule has 2 atom stereocenters. The van der Waals surface area contributed by atoms with E-state index in [1.807, 2.05) is 38.1 Å². The summed E-state index contributed by atoms with van der Waals surface area (Å²) in [6.45, 7) is 3.62. The van der Waals surface area contributed by atoms with E-state index in [2.05, 4.69) is 10.3 Å². The molecule has 1 aliphatic rings. The molecule has 104 valence electrons. The Hall–Kier alpha value is -2.30. The predicted molar refractivity (Wildman–Crippen MR) is 75.3 cm³/mol. The lowest BCUT2D eigenvalue weighted by molar-refractivity contribution is -0.140. The van der Waals surface area contributed by atoms with E-state index in [1.165, 1.54) is 0 Å². The first-order valence-electron chi connectivity index (χ1n) is 6.52. The quantitative estimate of drug-likeness (QED) is 0.802. The third kappa shape index (κ3) is 1.78. The molecule has 5 nitrogen and oxygen atoms in total. The number of anilines is 1. The van der Waals surface area contributed by atoms with Crippen molar-refractivity contribution in [2.45, 2.75) is 13.8 Å². The molecule has 2 aromatic rings. The van der Waals surface area contributed by atoms with Gasteiger partial charge >= 0.3 is 5.97 Å². The van der Waals surface area contributed by atoms with Crippen molar-refractivity contribution in [1.29, 1.82) is 0 Å². The summed E-state index contributed by atoms with van der Waals surface area (Å²) >= 11 is 0. The first-order valence-corrected chi connectivity index (χ1v) is 6.52. The van der Waals surface area contributed by atoms with Gasteiger partial charge in [0.15, 0.2) is 0 Å². The standard InChI is InChI=1S/C15H16N2O3/c1-15(2)11(12(15)14(19)20)13(18)17-10-5-3-4-9-8(10)6-7-16-9/h3-7,11-12,16H,1-2H3,(H,17,18)(H,19,20)/t11-,12-/m0/s1. The fraction of sp³-hybridized carbons (Fsp3) is 0.333. The summed E-state index contributed by atoms with van der Waals surface area (Å²) in [6.07, 6.45) is 1.81. The summed E-state index contributed by atoms with van der Waals surface area (Å²) in [5.74, 6) is -2.21. The number of aromatic amines is 1. The number of hydrogen-bond acceptors (Lipinski definition) is 2. The molecule has 1 aromatic carbocycles. The molecular formula is C15H16N2O3. The minimum absolute atomic E-state index is 0.226. The third-order valence-corrected chi connectivity index (χ3v) is 4.23. The Bertz CT molecular complexity index is 702. The molecule has 1 amide bonds. The fourth-order valence-corrected chi connectivity index (χ4v) is 2.99. The molecular weight excluding hydrogens is 256 g/mol. The van der Waals surface area contributed by atoms with Gasteiger partial charge in [-0.3, -0.25) is 9.59 Å². The average Bonchev–Trinajstić information content (AvgIpc) is 2.73. The summed E-state index contributed by atoms with van der Waals surface area (Å²) in [5.41, 5.74) is 1.16. The molecule has 1 fully saturated rings. The van der Waals surface area contributed by atoms with Crippen LogP contribution in [0.15, 0.2) is 30.5 Å². The van der Waals surface area contributed by atoms with E-state index in [9.17, 15) is 9.59 Å². The number of benzene rings is 1. The summed E-state index contributed by atoms with van der Waals surface area (Å²) in [4.78, 5) is 26.5. The van der Waals surface area contributed by atoms with Crippen molar-refractivity contribution in [3.8, 4) is 0 Å². The number of aliphatic carboxylic acids is 1. The number of fused-ring (bicyclic) bond motifs is 1. The zero-order valence-electron chi connectivity index (χ0n) is 11.3. The lowest BCUT2D eigenvalue weighted by Crippen LogP contribution is -2.17. The zero-order chi connectivity index (χ0) is 14.5. The number of carbonyl (C=O) groups excluding carboxylic acids is 1. The van der Waals surface area contributed by atoms with E-state index in [1.54, 1.807) is 6.20 Å². The van der Waals surface area contributed by atoms with Crippen LogP contribution in [0.1, 0.15) is 13.8 Å². The van der Waals surface area contributed by atoms with E-state index in [4.69, 9.17) is 5.11 Å². The summed E-state index contributed by atoms with van der Waals surface area (Å²) in [5, 5.41) is 12.9. The maximum atomic E-state index is 12.3. The Morgan fingerprint density at radius 2 is 2.00 bits per heavy atom. The van der Waals surface area contributed by atoms with Crippen LogP contribution >= 0.6 is 0 Å². The Morgan fingerprint density at radius 3 is 2.65 bits per heavy atom. The Kier molecular flexibility index (Phi) is 2.61. The highest BCUT2D eigenvalue weighted by Gasteiger charge is 2.65. The number of rotatable bonds is 3. The molecule has 0 radical (unpaired) electrons.